The van der Waals surface area contributed by atoms with E-state index in [1.807, 2.05) is 0 Å². The second-order valence-corrected chi connectivity index (χ2v) is 15.6. The van der Waals surface area contributed by atoms with Crippen LogP contribution in [-0.4, -0.2) is 9.52 Å². The zero-order valence-electron chi connectivity index (χ0n) is 31.5. The monoisotopic (exact) mass is 726 g/mol. The van der Waals surface area contributed by atoms with Crippen molar-refractivity contribution in [1.29, 1.82) is 0 Å². The molecule has 248 valence electrons. The Hall–Kier alpha value is -2.80. The average Bonchev–Trinajstić information content (AvgIpc) is 3.61. The van der Waals surface area contributed by atoms with E-state index in [9.17, 15) is 0 Å². The maximum atomic E-state index is 2.37. The van der Waals surface area contributed by atoms with Crippen LogP contribution in [0.3, 0.4) is 0 Å². The van der Waals surface area contributed by atoms with Gasteiger partial charge in [0.05, 0.1) is 0 Å². The molecule has 0 heterocycles. The van der Waals surface area contributed by atoms with Crippen LogP contribution in [0.2, 0.25) is 13.1 Å². The molecule has 0 aliphatic carbocycles. The minimum absolute atomic E-state index is 0. The van der Waals surface area contributed by atoms with Crippen LogP contribution in [-0.2, 0) is 26.2 Å². The molecule has 6 aromatic carbocycles. The van der Waals surface area contributed by atoms with Gasteiger partial charge in [-0.25, -0.2) is 0 Å². The maximum Gasteiger partial charge on any atom is 2.00 e. The van der Waals surface area contributed by atoms with E-state index < -0.39 is 0 Å². The van der Waals surface area contributed by atoms with Crippen LogP contribution in [0, 0.1) is 13.8 Å². The second kappa shape index (κ2) is 17.7. The molecule has 0 unspecified atom stereocenters. The Balaban J connectivity index is 0.000000236. The van der Waals surface area contributed by atoms with Crippen molar-refractivity contribution in [2.45, 2.75) is 106 Å². The fourth-order valence-electron chi connectivity index (χ4n) is 6.27. The molecule has 0 atom stereocenters. The molecule has 0 nitrogen and oxygen atoms in total. The van der Waals surface area contributed by atoms with Crippen LogP contribution in [0.1, 0.15) is 112 Å². The Morgan fingerprint density at radius 2 is 0.750 bits per heavy atom. The summed E-state index contributed by atoms with van der Waals surface area (Å²) in [5.74, 6) is 2.22. The van der Waals surface area contributed by atoms with E-state index in [-0.39, 0.29) is 26.2 Å². The number of fused-ring (bicyclic) bond motifs is 2. The first kappa shape index (κ1) is 39.6. The van der Waals surface area contributed by atoms with Crippen molar-refractivity contribution >= 4 is 31.1 Å². The Morgan fingerprint density at radius 3 is 1.02 bits per heavy atom. The first-order chi connectivity index (χ1) is 22.3. The maximum absolute atomic E-state index is 2.37. The first-order valence-corrected chi connectivity index (χ1v) is 19.5. The molecule has 2 heteroatoms. The predicted octanol–water partition coefficient (Wildman–Crippen LogP) is 14.3. The molecule has 0 saturated heterocycles. The largest absolute Gasteiger partial charge is 2.00 e. The quantitative estimate of drug-likeness (QED) is 0.118. The molecule has 0 N–H and O–H groups in total. The smallest absolute Gasteiger partial charge is 0.165 e. The molecular weight excluding hydrogens is 672 g/mol. The van der Waals surface area contributed by atoms with Crippen molar-refractivity contribution in [2.75, 3.05) is 0 Å². The Bertz CT molecular complexity index is 1720. The first-order valence-electron chi connectivity index (χ1n) is 17.5. The van der Waals surface area contributed by atoms with E-state index >= 15 is 0 Å². The number of aryl methyl sites for hydroxylation is 2. The number of hydrogen-bond acceptors (Lipinski definition) is 0. The summed E-state index contributed by atoms with van der Waals surface area (Å²) in [6.07, 6.45) is 0. The molecule has 48 heavy (non-hydrogen) atoms. The van der Waals surface area contributed by atoms with Crippen LogP contribution in [0.4, 0.5) is 0 Å². The summed E-state index contributed by atoms with van der Waals surface area (Å²) in [5.41, 5.74) is 13.8. The fraction of sp³-hybridized carbons (Fsp3) is 0.348. The van der Waals surface area contributed by atoms with Crippen molar-refractivity contribution in [2.24, 2.45) is 0 Å². The summed E-state index contributed by atoms with van der Waals surface area (Å²) >= 11 is 0. The van der Waals surface area contributed by atoms with Gasteiger partial charge >= 0.3 is 26.2 Å². The van der Waals surface area contributed by atoms with Crippen molar-refractivity contribution in [1.82, 2.24) is 0 Å². The minimum atomic E-state index is 0. The summed E-state index contributed by atoms with van der Waals surface area (Å²) in [6.45, 7) is 26.8. The molecule has 0 amide bonds. The molecule has 0 aromatic heterocycles. The topological polar surface area (TPSA) is 0 Å². The molecule has 6 rings (SSSR count). The van der Waals surface area contributed by atoms with Crippen molar-refractivity contribution in [3.8, 4) is 22.3 Å². The third-order valence-corrected chi connectivity index (χ3v) is 9.03. The van der Waals surface area contributed by atoms with Gasteiger partial charge in [0.1, 0.15) is 0 Å². The Labute approximate surface area is 314 Å². The molecule has 0 fully saturated rings. The van der Waals surface area contributed by atoms with E-state index in [4.69, 9.17) is 0 Å². The summed E-state index contributed by atoms with van der Waals surface area (Å²) in [7, 11) is 1.08. The van der Waals surface area contributed by atoms with Crippen LogP contribution in [0.5, 0.6) is 0 Å². The summed E-state index contributed by atoms with van der Waals surface area (Å²) in [6, 6.07) is 36.7. The molecule has 0 saturated carbocycles. The Morgan fingerprint density at radius 1 is 0.458 bits per heavy atom. The summed E-state index contributed by atoms with van der Waals surface area (Å²) in [4.78, 5) is 0. The zero-order valence-corrected chi connectivity index (χ0v) is 35.0. The van der Waals surface area contributed by atoms with E-state index in [0.717, 1.165) is 9.52 Å². The molecule has 2 radical (unpaired) electrons. The molecule has 0 bridgehead atoms. The van der Waals surface area contributed by atoms with E-state index in [2.05, 4.69) is 179 Å². The Kier molecular flexibility index (Phi) is 14.6. The van der Waals surface area contributed by atoms with Crippen LogP contribution in [0.15, 0.2) is 97.1 Å². The van der Waals surface area contributed by atoms with Crippen molar-refractivity contribution < 1.29 is 26.2 Å². The van der Waals surface area contributed by atoms with E-state index in [0.29, 0.717) is 23.7 Å². The van der Waals surface area contributed by atoms with Crippen LogP contribution >= 0.6 is 0 Å². The fourth-order valence-corrected chi connectivity index (χ4v) is 6.27. The predicted molar refractivity (Wildman–Crippen MR) is 213 cm³/mol. The summed E-state index contributed by atoms with van der Waals surface area (Å²) in [5, 5.41) is 5.43. The van der Waals surface area contributed by atoms with E-state index in [1.54, 1.807) is 0 Å². The van der Waals surface area contributed by atoms with Gasteiger partial charge in [-0.1, -0.05) is 142 Å². The van der Waals surface area contributed by atoms with Gasteiger partial charge in [-0.05, 0) is 57.1 Å². The summed E-state index contributed by atoms with van der Waals surface area (Å²) < 4.78 is 0. The SMILES string of the molecule is C[Si]C.Cc1cc2c(-c3cc(C(C)C)cc(C(C)C)c3)cccc2[cH-]1.Cc1cc2c(-c3cc(C(C)C)cc(C(C)C)c3)cccc2[cH-]1.[Zr+2]. The van der Waals surface area contributed by atoms with Gasteiger partial charge in [-0.15, -0.1) is 69.1 Å². The van der Waals surface area contributed by atoms with Gasteiger partial charge in [0.15, 0.2) is 0 Å². The zero-order chi connectivity index (χ0) is 34.4. The van der Waals surface area contributed by atoms with Gasteiger partial charge < -0.3 is 0 Å². The average molecular weight is 728 g/mol. The van der Waals surface area contributed by atoms with Gasteiger partial charge in [0.2, 0.25) is 0 Å². The molecule has 0 aliphatic heterocycles. The second-order valence-electron chi connectivity index (χ2n) is 14.6. The number of rotatable bonds is 6. The minimum Gasteiger partial charge on any atom is -0.165 e. The molecule has 0 aliphatic rings. The molecular formula is C46H56SiZr. The number of benzene rings is 4. The normalized spacial score (nSPS) is 11.2. The third-order valence-electron chi connectivity index (χ3n) is 9.03. The standard InChI is InChI=1S/2C22H25.C2H6Si.Zr/c2*1-14(2)18-11-19(15(3)4)13-20(12-18)21-8-6-7-17-9-16(5)10-22(17)21;1-3-2;/h2*6-15H,1-5H3;1-2H3;/q2*-1;;+2. The van der Waals surface area contributed by atoms with Crippen LogP contribution < -0.4 is 0 Å². The van der Waals surface area contributed by atoms with Crippen molar-refractivity contribution in [3.05, 3.63) is 130 Å². The van der Waals surface area contributed by atoms with Gasteiger partial charge in [0, 0.05) is 9.52 Å². The van der Waals surface area contributed by atoms with Gasteiger partial charge in [0.25, 0.3) is 0 Å². The number of hydrogen-bond donors (Lipinski definition) is 0. The van der Waals surface area contributed by atoms with Gasteiger partial charge in [-0.3, -0.25) is 0 Å². The molecule has 6 aromatic rings. The third kappa shape index (κ3) is 9.67. The molecule has 0 spiro atoms. The van der Waals surface area contributed by atoms with Crippen LogP contribution in [0.25, 0.3) is 43.8 Å². The van der Waals surface area contributed by atoms with Gasteiger partial charge in [-0.2, -0.15) is 12.1 Å². The van der Waals surface area contributed by atoms with Crippen molar-refractivity contribution in [3.63, 3.8) is 0 Å². The van der Waals surface area contributed by atoms with E-state index in [1.165, 1.54) is 77.2 Å².